The van der Waals surface area contributed by atoms with Gasteiger partial charge in [-0.25, -0.2) is 0 Å². The minimum absolute atomic E-state index is 0.450. The Kier molecular flexibility index (Phi) is 3.91. The van der Waals surface area contributed by atoms with Crippen LogP contribution in [0.15, 0.2) is 0 Å². The summed E-state index contributed by atoms with van der Waals surface area (Å²) < 4.78 is 0. The summed E-state index contributed by atoms with van der Waals surface area (Å²) in [5.74, 6) is 1.80. The van der Waals surface area contributed by atoms with Gasteiger partial charge >= 0.3 is 0 Å². The van der Waals surface area contributed by atoms with Crippen molar-refractivity contribution < 1.29 is 0 Å². The molecule has 2 fully saturated rings. The molecule has 0 saturated carbocycles. The van der Waals surface area contributed by atoms with Crippen LogP contribution in [0.2, 0.25) is 0 Å². The Morgan fingerprint density at radius 2 is 2.25 bits per heavy atom. The van der Waals surface area contributed by atoms with Gasteiger partial charge < -0.3 is 10.2 Å². The van der Waals surface area contributed by atoms with Crippen LogP contribution >= 0.6 is 0 Å². The Bertz CT molecular complexity index is 219. The van der Waals surface area contributed by atoms with Crippen molar-refractivity contribution in [1.82, 2.24) is 10.2 Å². The number of rotatable bonds is 4. The van der Waals surface area contributed by atoms with Crippen molar-refractivity contribution in [2.75, 3.05) is 26.2 Å². The van der Waals surface area contributed by atoms with E-state index in [9.17, 15) is 0 Å². The molecule has 0 aliphatic carbocycles. The summed E-state index contributed by atoms with van der Waals surface area (Å²) in [4.78, 5) is 2.70. The van der Waals surface area contributed by atoms with Crippen LogP contribution in [0.5, 0.6) is 0 Å². The first-order valence-electron chi connectivity index (χ1n) is 7.12. The second kappa shape index (κ2) is 5.05. The van der Waals surface area contributed by atoms with Gasteiger partial charge in [-0.3, -0.25) is 0 Å². The molecular formula is C14H28N2. The fourth-order valence-corrected chi connectivity index (χ4v) is 3.40. The molecule has 2 unspecified atom stereocenters. The lowest BCUT2D eigenvalue weighted by Crippen LogP contribution is -2.49. The van der Waals surface area contributed by atoms with Crippen molar-refractivity contribution in [3.05, 3.63) is 0 Å². The zero-order valence-electron chi connectivity index (χ0n) is 11.3. The number of nitrogens with zero attached hydrogens (tertiary/aromatic N) is 1. The molecule has 0 spiro atoms. The van der Waals surface area contributed by atoms with Gasteiger partial charge in [0.1, 0.15) is 0 Å². The number of hydrogen-bond acceptors (Lipinski definition) is 2. The van der Waals surface area contributed by atoms with Crippen LogP contribution in [0.3, 0.4) is 0 Å². The van der Waals surface area contributed by atoms with Gasteiger partial charge in [0.25, 0.3) is 0 Å². The Labute approximate surface area is 101 Å². The molecule has 16 heavy (non-hydrogen) atoms. The highest BCUT2D eigenvalue weighted by molar-refractivity contribution is 4.96. The van der Waals surface area contributed by atoms with Crippen LogP contribution in [0.4, 0.5) is 0 Å². The molecular weight excluding hydrogens is 196 g/mol. The monoisotopic (exact) mass is 224 g/mol. The van der Waals surface area contributed by atoms with Crippen molar-refractivity contribution in [2.45, 2.75) is 52.0 Å². The van der Waals surface area contributed by atoms with E-state index >= 15 is 0 Å². The lowest BCUT2D eigenvalue weighted by atomic mass is 9.93. The molecule has 2 saturated heterocycles. The number of likely N-dealkylation sites (tertiary alicyclic amines) is 1. The SMILES string of the molecule is CCC1(CN2CCC(C(C)C)C2)CCCN1. The van der Waals surface area contributed by atoms with Gasteiger partial charge in [-0.05, 0) is 50.6 Å². The van der Waals surface area contributed by atoms with Crippen LogP contribution < -0.4 is 5.32 Å². The van der Waals surface area contributed by atoms with Gasteiger partial charge in [0, 0.05) is 18.6 Å². The predicted octanol–water partition coefficient (Wildman–Crippen LogP) is 2.50. The zero-order chi connectivity index (χ0) is 11.6. The molecule has 0 aromatic rings. The Hall–Kier alpha value is -0.0800. The van der Waals surface area contributed by atoms with Gasteiger partial charge in [-0.1, -0.05) is 20.8 Å². The van der Waals surface area contributed by atoms with Crippen molar-refractivity contribution in [3.8, 4) is 0 Å². The van der Waals surface area contributed by atoms with E-state index < -0.39 is 0 Å². The highest BCUT2D eigenvalue weighted by Gasteiger charge is 2.35. The second-order valence-corrected chi connectivity index (χ2v) is 6.19. The molecule has 2 rings (SSSR count). The van der Waals surface area contributed by atoms with Gasteiger partial charge in [-0.15, -0.1) is 0 Å². The van der Waals surface area contributed by atoms with E-state index in [1.54, 1.807) is 0 Å². The quantitative estimate of drug-likeness (QED) is 0.789. The summed E-state index contributed by atoms with van der Waals surface area (Å²) in [7, 11) is 0. The first kappa shape index (κ1) is 12.4. The van der Waals surface area contributed by atoms with Crippen molar-refractivity contribution in [2.24, 2.45) is 11.8 Å². The summed E-state index contributed by atoms with van der Waals surface area (Å²) in [6.45, 7) is 12.3. The third-order valence-electron chi connectivity index (χ3n) is 4.79. The largest absolute Gasteiger partial charge is 0.310 e. The normalized spacial score (nSPS) is 36.4. The smallest absolute Gasteiger partial charge is 0.0306 e. The first-order chi connectivity index (χ1) is 7.65. The molecule has 2 heteroatoms. The highest BCUT2D eigenvalue weighted by atomic mass is 15.2. The molecule has 0 aromatic heterocycles. The van der Waals surface area contributed by atoms with E-state index in [0.29, 0.717) is 5.54 Å². The molecule has 0 radical (unpaired) electrons. The lowest BCUT2D eigenvalue weighted by Gasteiger charge is -2.33. The first-order valence-corrected chi connectivity index (χ1v) is 7.12. The molecule has 0 bridgehead atoms. The van der Waals surface area contributed by atoms with Gasteiger partial charge in [0.2, 0.25) is 0 Å². The van der Waals surface area contributed by atoms with Gasteiger partial charge in [0.05, 0.1) is 0 Å². The third kappa shape index (κ3) is 2.60. The van der Waals surface area contributed by atoms with E-state index in [2.05, 4.69) is 31.0 Å². The maximum Gasteiger partial charge on any atom is 0.0306 e. The Morgan fingerprint density at radius 1 is 1.44 bits per heavy atom. The summed E-state index contributed by atoms with van der Waals surface area (Å²) in [5, 5.41) is 3.75. The molecule has 2 heterocycles. The van der Waals surface area contributed by atoms with E-state index in [4.69, 9.17) is 0 Å². The highest BCUT2D eigenvalue weighted by Crippen LogP contribution is 2.29. The van der Waals surface area contributed by atoms with E-state index in [-0.39, 0.29) is 0 Å². The second-order valence-electron chi connectivity index (χ2n) is 6.19. The molecule has 2 atom stereocenters. The molecule has 0 aromatic carbocycles. The fourth-order valence-electron chi connectivity index (χ4n) is 3.40. The maximum atomic E-state index is 3.75. The zero-order valence-corrected chi connectivity index (χ0v) is 11.3. The average Bonchev–Trinajstić information content (AvgIpc) is 2.88. The van der Waals surface area contributed by atoms with E-state index in [1.165, 1.54) is 51.9 Å². The standard InChI is InChI=1S/C14H28N2/c1-4-14(7-5-8-15-14)11-16-9-6-13(10-16)12(2)3/h12-13,15H,4-11H2,1-3H3. The predicted molar refractivity (Wildman–Crippen MR) is 69.6 cm³/mol. The summed E-state index contributed by atoms with van der Waals surface area (Å²) >= 11 is 0. The van der Waals surface area contributed by atoms with Crippen molar-refractivity contribution in [1.29, 1.82) is 0 Å². The molecule has 2 nitrogen and oxygen atoms in total. The van der Waals surface area contributed by atoms with E-state index in [1.807, 2.05) is 0 Å². The van der Waals surface area contributed by atoms with Gasteiger partial charge in [0.15, 0.2) is 0 Å². The topological polar surface area (TPSA) is 15.3 Å². The lowest BCUT2D eigenvalue weighted by molar-refractivity contribution is 0.209. The molecule has 2 aliphatic heterocycles. The van der Waals surface area contributed by atoms with E-state index in [0.717, 1.165) is 11.8 Å². The van der Waals surface area contributed by atoms with Crippen molar-refractivity contribution >= 4 is 0 Å². The summed E-state index contributed by atoms with van der Waals surface area (Å²) in [6.07, 6.45) is 5.45. The summed E-state index contributed by atoms with van der Waals surface area (Å²) in [6, 6.07) is 0. The molecule has 0 amide bonds. The van der Waals surface area contributed by atoms with Crippen LogP contribution in [-0.4, -0.2) is 36.6 Å². The van der Waals surface area contributed by atoms with Crippen LogP contribution in [0.25, 0.3) is 0 Å². The molecule has 94 valence electrons. The maximum absolute atomic E-state index is 3.75. The van der Waals surface area contributed by atoms with Crippen LogP contribution in [0.1, 0.15) is 46.5 Å². The molecule has 2 aliphatic rings. The Balaban J connectivity index is 1.86. The minimum Gasteiger partial charge on any atom is -0.310 e. The summed E-state index contributed by atoms with van der Waals surface area (Å²) in [5.41, 5.74) is 0.450. The molecule has 1 N–H and O–H groups in total. The van der Waals surface area contributed by atoms with Crippen molar-refractivity contribution in [3.63, 3.8) is 0 Å². The van der Waals surface area contributed by atoms with Gasteiger partial charge in [-0.2, -0.15) is 0 Å². The van der Waals surface area contributed by atoms with Crippen LogP contribution in [0, 0.1) is 11.8 Å². The number of nitrogens with one attached hydrogen (secondary N) is 1. The van der Waals surface area contributed by atoms with Crippen LogP contribution in [-0.2, 0) is 0 Å². The third-order valence-corrected chi connectivity index (χ3v) is 4.79. The fraction of sp³-hybridized carbons (Fsp3) is 1.00. The minimum atomic E-state index is 0.450. The number of hydrogen-bond donors (Lipinski definition) is 1. The average molecular weight is 224 g/mol. The Morgan fingerprint density at radius 3 is 2.75 bits per heavy atom.